The second-order valence-electron chi connectivity index (χ2n) is 12.3. The van der Waals surface area contributed by atoms with Gasteiger partial charge in [0.25, 0.3) is 0 Å². The first kappa shape index (κ1) is 36.3. The molecule has 0 spiro atoms. The van der Waals surface area contributed by atoms with E-state index in [-0.39, 0.29) is 30.7 Å². The molecule has 3 amide bonds. The molecule has 0 fully saturated rings. The molecule has 11 nitrogen and oxygen atoms in total. The number of nitrogens with two attached hydrogens (primary N) is 2. The molecule has 2 aromatic heterocycles. The molecule has 49 heavy (non-hydrogen) atoms. The van der Waals surface area contributed by atoms with E-state index < -0.39 is 18.1 Å². The van der Waals surface area contributed by atoms with E-state index in [4.69, 9.17) is 23.1 Å². The van der Waals surface area contributed by atoms with E-state index in [9.17, 15) is 14.4 Å². The van der Waals surface area contributed by atoms with Crippen LogP contribution in [0.2, 0.25) is 5.02 Å². The number of benzene rings is 2. The number of nitrogens with zero attached hydrogens (tertiary/aromatic N) is 2. The Kier molecular flexibility index (Phi) is 13.1. The minimum Gasteiger partial charge on any atom is -0.361 e. The molecule has 1 aliphatic heterocycles. The Labute approximate surface area is 296 Å². The predicted molar refractivity (Wildman–Crippen MR) is 194 cm³/mol. The summed E-state index contributed by atoms with van der Waals surface area (Å²) < 4.78 is 0. The summed E-state index contributed by atoms with van der Waals surface area (Å²) in [5.41, 5.74) is 15.2. The fraction of sp³-hybridized carbons (Fsp3) is 0.389. The van der Waals surface area contributed by atoms with Crippen molar-refractivity contribution in [2.75, 3.05) is 20.1 Å². The molecular weight excluding hydrogens is 660 g/mol. The number of likely N-dealkylation sites (N-methyl/N-ethyl adjacent to an activating group) is 1. The summed E-state index contributed by atoms with van der Waals surface area (Å²) in [5, 5.41) is 11.1. The minimum atomic E-state index is -0.871. The normalized spacial score (nSPS) is 19.6. The molecule has 5 rings (SSSR count). The standard InChI is InChI=1S/C36H45ClN8O3S/c1-45-31(18-24-21-41-28-11-3-2-9-26(24)28)35(47)43-20-23-8-6-10-27(37)33(23)49-32-14-17-40-19-25(32)22-42-29(13-7-16-39)34(46)44-30(36(45)48)12-4-5-15-38/h2-3,6,8-11,14,17,19,21,29-31,41-42H,4-5,7,12-13,15-16,18,20,22,38-39H2,1H3,(H,43,47)(H,44,46)/t29-,30-,31-/m0/s1. The number of carbonyl (C=O) groups is 3. The summed E-state index contributed by atoms with van der Waals surface area (Å²) in [6, 6.07) is 13.0. The molecule has 13 heteroatoms. The molecule has 0 saturated carbocycles. The Bertz CT molecular complexity index is 1750. The highest BCUT2D eigenvalue weighted by molar-refractivity contribution is 7.99. The smallest absolute Gasteiger partial charge is 0.245 e. The number of hydrogen-bond donors (Lipinski definition) is 6. The number of pyridine rings is 1. The molecule has 0 radical (unpaired) electrons. The number of aromatic amines is 1. The molecule has 3 heterocycles. The van der Waals surface area contributed by atoms with Crippen LogP contribution in [0.1, 0.15) is 48.8 Å². The van der Waals surface area contributed by atoms with Crippen molar-refractivity contribution < 1.29 is 14.4 Å². The number of hydrogen-bond acceptors (Lipinski definition) is 8. The number of aromatic nitrogens is 2. The number of carbonyl (C=O) groups excluding carboxylic acids is 3. The number of fused-ring (bicyclic) bond motifs is 3. The van der Waals surface area contributed by atoms with Crippen LogP contribution in [0, 0.1) is 0 Å². The van der Waals surface area contributed by atoms with Crippen LogP contribution in [0.5, 0.6) is 0 Å². The maximum absolute atomic E-state index is 14.3. The van der Waals surface area contributed by atoms with Crippen molar-refractivity contribution in [1.29, 1.82) is 0 Å². The quantitative estimate of drug-likeness (QED) is 0.143. The van der Waals surface area contributed by atoms with E-state index in [1.54, 1.807) is 19.4 Å². The van der Waals surface area contributed by atoms with Crippen molar-refractivity contribution in [1.82, 2.24) is 30.8 Å². The van der Waals surface area contributed by atoms with E-state index in [1.807, 2.05) is 54.7 Å². The van der Waals surface area contributed by atoms with Gasteiger partial charge in [-0.3, -0.25) is 19.4 Å². The Hall–Kier alpha value is -3.94. The SMILES string of the molecule is CN1C(=O)[C@H](CCCCN)NC(=O)[C@H](CCCN)NCc2cnccc2Sc2c(Cl)cccc2CNC(=O)[C@@H]1Cc1c[nH]c2ccccc12. The van der Waals surface area contributed by atoms with E-state index in [0.29, 0.717) is 56.8 Å². The van der Waals surface area contributed by atoms with Gasteiger partial charge in [-0.1, -0.05) is 53.7 Å². The summed E-state index contributed by atoms with van der Waals surface area (Å²) in [6.07, 6.45) is 8.43. The van der Waals surface area contributed by atoms with Crippen LogP contribution in [-0.4, -0.2) is 70.9 Å². The zero-order valence-corrected chi connectivity index (χ0v) is 29.3. The zero-order valence-electron chi connectivity index (χ0n) is 27.7. The van der Waals surface area contributed by atoms with Gasteiger partial charge in [-0.15, -0.1) is 0 Å². The summed E-state index contributed by atoms with van der Waals surface area (Å²) in [5.74, 6) is -0.970. The molecule has 0 aliphatic carbocycles. The molecule has 4 aromatic rings. The second-order valence-corrected chi connectivity index (χ2v) is 13.7. The monoisotopic (exact) mass is 704 g/mol. The third-order valence-electron chi connectivity index (χ3n) is 8.89. The van der Waals surface area contributed by atoms with Crippen LogP contribution in [0.25, 0.3) is 10.9 Å². The predicted octanol–water partition coefficient (Wildman–Crippen LogP) is 3.88. The lowest BCUT2D eigenvalue weighted by atomic mass is 10.0. The summed E-state index contributed by atoms with van der Waals surface area (Å²) in [4.78, 5) is 53.2. The van der Waals surface area contributed by atoms with Gasteiger partial charge in [0, 0.05) is 65.8 Å². The van der Waals surface area contributed by atoms with Crippen LogP contribution in [-0.2, 0) is 33.9 Å². The molecule has 3 atom stereocenters. The van der Waals surface area contributed by atoms with Crippen molar-refractivity contribution in [2.24, 2.45) is 11.5 Å². The van der Waals surface area contributed by atoms with Gasteiger partial charge in [0.05, 0.1) is 11.1 Å². The number of halogens is 1. The van der Waals surface area contributed by atoms with E-state index in [1.165, 1.54) is 16.7 Å². The average Bonchev–Trinajstić information content (AvgIpc) is 3.52. The maximum Gasteiger partial charge on any atom is 0.245 e. The molecule has 0 saturated heterocycles. The summed E-state index contributed by atoms with van der Waals surface area (Å²) in [7, 11) is 1.63. The number of H-pyrrole nitrogens is 1. The first-order valence-corrected chi connectivity index (χ1v) is 17.9. The van der Waals surface area contributed by atoms with Crippen molar-refractivity contribution in [3.63, 3.8) is 0 Å². The van der Waals surface area contributed by atoms with Crippen molar-refractivity contribution in [3.8, 4) is 0 Å². The van der Waals surface area contributed by atoms with Crippen molar-refractivity contribution >= 4 is 52.0 Å². The molecular formula is C36H45ClN8O3S. The van der Waals surface area contributed by atoms with Gasteiger partial charge in [0.2, 0.25) is 17.7 Å². The largest absolute Gasteiger partial charge is 0.361 e. The molecule has 0 unspecified atom stereocenters. The molecule has 8 N–H and O–H groups in total. The van der Waals surface area contributed by atoms with Crippen LogP contribution < -0.4 is 27.4 Å². The van der Waals surface area contributed by atoms with Crippen LogP contribution in [0.15, 0.2) is 76.9 Å². The van der Waals surface area contributed by atoms with Gasteiger partial charge in [0.15, 0.2) is 0 Å². The molecule has 2 aromatic carbocycles. The highest BCUT2D eigenvalue weighted by Crippen LogP contribution is 2.37. The van der Waals surface area contributed by atoms with Crippen LogP contribution in [0.3, 0.4) is 0 Å². The lowest BCUT2D eigenvalue weighted by molar-refractivity contribution is -0.142. The molecule has 0 bridgehead atoms. The van der Waals surface area contributed by atoms with Gasteiger partial charge in [-0.2, -0.15) is 0 Å². The zero-order chi connectivity index (χ0) is 34.8. The lowest BCUT2D eigenvalue weighted by Crippen LogP contribution is -2.57. The van der Waals surface area contributed by atoms with E-state index >= 15 is 0 Å². The Balaban J connectivity index is 1.55. The highest BCUT2D eigenvalue weighted by Gasteiger charge is 2.34. The Morgan fingerprint density at radius 1 is 0.918 bits per heavy atom. The van der Waals surface area contributed by atoms with Crippen LogP contribution in [0.4, 0.5) is 0 Å². The van der Waals surface area contributed by atoms with E-state index in [2.05, 4.69) is 25.9 Å². The molecule has 260 valence electrons. The minimum absolute atomic E-state index is 0.199. The van der Waals surface area contributed by atoms with Gasteiger partial charge in [-0.25, -0.2) is 0 Å². The highest BCUT2D eigenvalue weighted by atomic mass is 35.5. The number of amides is 3. The number of unbranched alkanes of at least 4 members (excludes halogenated alkanes) is 1. The topological polar surface area (TPSA) is 171 Å². The lowest BCUT2D eigenvalue weighted by Gasteiger charge is -2.32. The molecule has 1 aliphatic rings. The van der Waals surface area contributed by atoms with Crippen LogP contribution >= 0.6 is 23.4 Å². The van der Waals surface area contributed by atoms with Gasteiger partial charge < -0.3 is 37.3 Å². The van der Waals surface area contributed by atoms with Crippen molar-refractivity contribution in [3.05, 3.63) is 88.8 Å². The second kappa shape index (κ2) is 17.6. The first-order chi connectivity index (χ1) is 23.8. The van der Waals surface area contributed by atoms with Crippen molar-refractivity contribution in [2.45, 2.75) is 79.5 Å². The Morgan fingerprint density at radius 2 is 1.71 bits per heavy atom. The number of rotatable bonds is 9. The van der Waals surface area contributed by atoms with Gasteiger partial charge >= 0.3 is 0 Å². The third-order valence-corrected chi connectivity index (χ3v) is 10.6. The fourth-order valence-corrected chi connectivity index (χ4v) is 7.43. The van der Waals surface area contributed by atoms with Gasteiger partial charge in [0.1, 0.15) is 12.1 Å². The number of nitrogens with one attached hydrogen (secondary N) is 4. The third kappa shape index (κ3) is 9.20. The number of para-hydroxylation sites is 1. The Morgan fingerprint density at radius 3 is 2.53 bits per heavy atom. The first-order valence-electron chi connectivity index (χ1n) is 16.7. The van der Waals surface area contributed by atoms with Gasteiger partial charge in [-0.05, 0) is 80.1 Å². The van der Waals surface area contributed by atoms with E-state index in [0.717, 1.165) is 37.4 Å². The average molecular weight is 705 g/mol. The summed E-state index contributed by atoms with van der Waals surface area (Å²) in [6.45, 7) is 1.44. The maximum atomic E-state index is 14.3. The summed E-state index contributed by atoms with van der Waals surface area (Å²) >= 11 is 8.25. The fourth-order valence-electron chi connectivity index (χ4n) is 6.08.